The van der Waals surface area contributed by atoms with Crippen LogP contribution in [0.15, 0.2) is 11.4 Å². The van der Waals surface area contributed by atoms with Gasteiger partial charge < -0.3 is 4.90 Å². The molecule has 0 fully saturated rings. The number of hydrogen-bond donors (Lipinski definition) is 0. The Bertz CT molecular complexity index is 364. The van der Waals surface area contributed by atoms with E-state index in [2.05, 4.69) is 13.0 Å². The number of nitrogens with zero attached hydrogens (tertiary/aromatic N) is 2. The minimum absolute atomic E-state index is 0.473. The lowest BCUT2D eigenvalue weighted by Gasteiger charge is -2.11. The van der Waals surface area contributed by atoms with E-state index in [9.17, 15) is 4.79 Å². The van der Waals surface area contributed by atoms with Gasteiger partial charge in [-0.15, -0.1) is 11.3 Å². The molecule has 1 aromatic rings. The van der Waals surface area contributed by atoms with Crippen LogP contribution < -0.4 is 0 Å². The van der Waals surface area contributed by atoms with Crippen molar-refractivity contribution in [2.75, 3.05) is 13.6 Å². The highest BCUT2D eigenvalue weighted by Crippen LogP contribution is 2.16. The number of amides is 1. The summed E-state index contributed by atoms with van der Waals surface area (Å²) < 4.78 is 0. The number of carbonyl (C=O) groups excluding carboxylic acids is 1. The van der Waals surface area contributed by atoms with Crippen molar-refractivity contribution >= 4 is 17.2 Å². The van der Waals surface area contributed by atoms with Gasteiger partial charge in [-0.25, -0.2) is 0 Å². The van der Waals surface area contributed by atoms with Gasteiger partial charge in [0.2, 0.25) is 0 Å². The van der Waals surface area contributed by atoms with E-state index in [4.69, 9.17) is 5.26 Å². The highest BCUT2D eigenvalue weighted by molar-refractivity contribution is 7.10. The maximum absolute atomic E-state index is 10.9. The third-order valence-corrected chi connectivity index (χ3v) is 3.17. The predicted octanol–water partition coefficient (Wildman–Crippen LogP) is 1.58. The standard InChI is InChI=1S/C10H12N2OS/c1-8-4-6-14-9(8)3-5-12(2)10(13)7-11/h4,6H,3,5H2,1-2H3. The van der Waals surface area contributed by atoms with Crippen LogP contribution in [-0.4, -0.2) is 24.4 Å². The molecule has 0 aromatic carbocycles. The molecule has 4 heteroatoms. The second kappa shape index (κ2) is 4.77. The van der Waals surface area contributed by atoms with Crippen LogP contribution in [0.5, 0.6) is 0 Å². The van der Waals surface area contributed by atoms with Crippen molar-refractivity contribution in [3.05, 3.63) is 21.9 Å². The van der Waals surface area contributed by atoms with Crippen LogP contribution in [-0.2, 0) is 11.2 Å². The van der Waals surface area contributed by atoms with Crippen molar-refractivity contribution in [2.24, 2.45) is 0 Å². The number of aryl methyl sites for hydroxylation is 1. The minimum Gasteiger partial charge on any atom is -0.333 e. The maximum atomic E-state index is 10.9. The van der Waals surface area contributed by atoms with Gasteiger partial charge in [-0.2, -0.15) is 5.26 Å². The average molecular weight is 208 g/mol. The summed E-state index contributed by atoms with van der Waals surface area (Å²) in [5.41, 5.74) is 1.26. The smallest absolute Gasteiger partial charge is 0.324 e. The number of likely N-dealkylation sites (N-methyl/N-ethyl adjacent to an activating group) is 1. The van der Waals surface area contributed by atoms with E-state index >= 15 is 0 Å². The lowest BCUT2D eigenvalue weighted by molar-refractivity contribution is -0.124. The Balaban J connectivity index is 2.46. The Morgan fingerprint density at radius 1 is 1.71 bits per heavy atom. The van der Waals surface area contributed by atoms with Crippen LogP contribution in [0.2, 0.25) is 0 Å². The summed E-state index contributed by atoms with van der Waals surface area (Å²) in [5, 5.41) is 10.4. The summed E-state index contributed by atoms with van der Waals surface area (Å²) >= 11 is 1.69. The second-order valence-electron chi connectivity index (χ2n) is 3.12. The zero-order valence-corrected chi connectivity index (χ0v) is 9.10. The molecule has 0 bridgehead atoms. The van der Waals surface area contributed by atoms with E-state index in [-0.39, 0.29) is 0 Å². The van der Waals surface area contributed by atoms with Gasteiger partial charge in [0.1, 0.15) is 0 Å². The number of hydrogen-bond acceptors (Lipinski definition) is 3. The summed E-state index contributed by atoms with van der Waals surface area (Å²) in [6, 6.07) is 3.66. The van der Waals surface area contributed by atoms with Crippen molar-refractivity contribution in [3.8, 4) is 6.07 Å². The van der Waals surface area contributed by atoms with E-state index in [1.165, 1.54) is 15.3 Å². The third kappa shape index (κ3) is 2.57. The van der Waals surface area contributed by atoms with Gasteiger partial charge in [0, 0.05) is 18.5 Å². The van der Waals surface area contributed by atoms with Gasteiger partial charge in [0.05, 0.1) is 0 Å². The van der Waals surface area contributed by atoms with Gasteiger partial charge in [0.25, 0.3) is 0 Å². The Labute approximate surface area is 87.6 Å². The van der Waals surface area contributed by atoms with E-state index in [0.717, 1.165) is 6.42 Å². The van der Waals surface area contributed by atoms with Crippen LogP contribution in [0.4, 0.5) is 0 Å². The fourth-order valence-corrected chi connectivity index (χ4v) is 2.02. The van der Waals surface area contributed by atoms with Crippen LogP contribution in [0.25, 0.3) is 0 Å². The first-order chi connectivity index (χ1) is 6.65. The molecule has 0 aliphatic rings. The van der Waals surface area contributed by atoms with Crippen molar-refractivity contribution in [3.63, 3.8) is 0 Å². The van der Waals surface area contributed by atoms with Crippen molar-refractivity contribution in [1.29, 1.82) is 5.26 Å². The number of rotatable bonds is 3. The molecule has 1 rings (SSSR count). The Kier molecular flexibility index (Phi) is 3.66. The topological polar surface area (TPSA) is 44.1 Å². The summed E-state index contributed by atoms with van der Waals surface area (Å²) in [5.74, 6) is -0.473. The number of carbonyl (C=O) groups is 1. The SMILES string of the molecule is Cc1ccsc1CCN(C)C(=O)C#N. The molecule has 1 amide bonds. The monoisotopic (exact) mass is 208 g/mol. The molecule has 1 heterocycles. The van der Waals surface area contributed by atoms with E-state index in [1.807, 2.05) is 5.38 Å². The summed E-state index contributed by atoms with van der Waals surface area (Å²) in [6.45, 7) is 2.66. The molecule has 0 spiro atoms. The van der Waals surface area contributed by atoms with E-state index < -0.39 is 5.91 Å². The maximum Gasteiger partial charge on any atom is 0.324 e. The molecular formula is C10H12N2OS. The quantitative estimate of drug-likeness (QED) is 0.708. The van der Waals surface area contributed by atoms with Crippen LogP contribution in [0.1, 0.15) is 10.4 Å². The lowest BCUT2D eigenvalue weighted by atomic mass is 10.2. The van der Waals surface area contributed by atoms with Crippen LogP contribution in [0, 0.1) is 18.3 Å². The Morgan fingerprint density at radius 2 is 2.43 bits per heavy atom. The zero-order chi connectivity index (χ0) is 10.6. The zero-order valence-electron chi connectivity index (χ0n) is 8.28. The first-order valence-electron chi connectivity index (χ1n) is 4.33. The highest BCUT2D eigenvalue weighted by Gasteiger charge is 2.07. The third-order valence-electron chi connectivity index (χ3n) is 2.08. The molecule has 0 saturated heterocycles. The fraction of sp³-hybridized carbons (Fsp3) is 0.400. The molecule has 0 aliphatic carbocycles. The van der Waals surface area contributed by atoms with Gasteiger partial charge >= 0.3 is 5.91 Å². The molecule has 0 N–H and O–H groups in total. The van der Waals surface area contributed by atoms with Gasteiger partial charge in [-0.3, -0.25) is 4.79 Å². The molecule has 1 aromatic heterocycles. The van der Waals surface area contributed by atoms with Gasteiger partial charge in [0.15, 0.2) is 6.07 Å². The normalized spacial score (nSPS) is 9.50. The number of thiophene rings is 1. The highest BCUT2D eigenvalue weighted by atomic mass is 32.1. The second-order valence-corrected chi connectivity index (χ2v) is 4.12. The fourth-order valence-electron chi connectivity index (χ4n) is 1.12. The summed E-state index contributed by atoms with van der Waals surface area (Å²) in [6.07, 6.45) is 0.827. The van der Waals surface area contributed by atoms with E-state index in [1.54, 1.807) is 24.5 Å². The minimum atomic E-state index is -0.473. The Morgan fingerprint density at radius 3 is 2.93 bits per heavy atom. The molecule has 0 unspecified atom stereocenters. The molecule has 14 heavy (non-hydrogen) atoms. The molecular weight excluding hydrogens is 196 g/mol. The van der Waals surface area contributed by atoms with Crippen molar-refractivity contribution in [1.82, 2.24) is 4.90 Å². The van der Waals surface area contributed by atoms with Crippen molar-refractivity contribution in [2.45, 2.75) is 13.3 Å². The Hall–Kier alpha value is -1.34. The average Bonchev–Trinajstić information content (AvgIpc) is 2.59. The van der Waals surface area contributed by atoms with Gasteiger partial charge in [-0.1, -0.05) is 0 Å². The molecule has 0 atom stereocenters. The van der Waals surface area contributed by atoms with E-state index in [0.29, 0.717) is 6.54 Å². The first kappa shape index (κ1) is 10.7. The van der Waals surface area contributed by atoms with Crippen LogP contribution >= 0.6 is 11.3 Å². The molecule has 3 nitrogen and oxygen atoms in total. The van der Waals surface area contributed by atoms with Crippen molar-refractivity contribution < 1.29 is 4.79 Å². The predicted molar refractivity (Wildman–Crippen MR) is 56.0 cm³/mol. The summed E-state index contributed by atoms with van der Waals surface area (Å²) in [7, 11) is 1.65. The van der Waals surface area contributed by atoms with Gasteiger partial charge in [-0.05, 0) is 30.4 Å². The largest absolute Gasteiger partial charge is 0.333 e. The lowest BCUT2D eigenvalue weighted by Crippen LogP contribution is -2.27. The molecule has 74 valence electrons. The summed E-state index contributed by atoms with van der Waals surface area (Å²) in [4.78, 5) is 13.6. The first-order valence-corrected chi connectivity index (χ1v) is 5.21. The van der Waals surface area contributed by atoms with Crippen LogP contribution in [0.3, 0.4) is 0 Å². The molecule has 0 saturated carbocycles. The number of nitriles is 1. The molecule has 0 radical (unpaired) electrons. The molecule has 0 aliphatic heterocycles.